The van der Waals surface area contributed by atoms with Crippen molar-refractivity contribution in [3.8, 4) is 5.75 Å². The van der Waals surface area contributed by atoms with Crippen LogP contribution in [0.25, 0.3) is 10.2 Å². The van der Waals surface area contributed by atoms with Crippen molar-refractivity contribution in [2.45, 2.75) is 0 Å². The summed E-state index contributed by atoms with van der Waals surface area (Å²) in [6.45, 7) is 0. The van der Waals surface area contributed by atoms with E-state index in [2.05, 4.69) is 10.3 Å². The van der Waals surface area contributed by atoms with Crippen molar-refractivity contribution in [3.63, 3.8) is 0 Å². The average Bonchev–Trinajstić information content (AvgIpc) is 2.80. The molecule has 0 spiro atoms. The van der Waals surface area contributed by atoms with Crippen molar-refractivity contribution in [2.24, 2.45) is 0 Å². The Labute approximate surface area is 109 Å². The highest BCUT2D eigenvalue weighted by molar-refractivity contribution is 7.22. The molecule has 0 saturated carbocycles. The van der Waals surface area contributed by atoms with Gasteiger partial charge in [-0.1, -0.05) is 29.5 Å². The number of nitrogens with one attached hydrogen (secondary N) is 1. The molecule has 0 radical (unpaired) electrons. The molecule has 0 aliphatic heterocycles. The fourth-order valence-electron chi connectivity index (χ4n) is 1.73. The summed E-state index contributed by atoms with van der Waals surface area (Å²) < 4.78 is 6.34. The number of fused-ring (bicyclic) bond motifs is 1. The van der Waals surface area contributed by atoms with Gasteiger partial charge in [-0.2, -0.15) is 0 Å². The number of anilines is 2. The van der Waals surface area contributed by atoms with Crippen LogP contribution in [0.1, 0.15) is 0 Å². The number of ether oxygens (including phenoxy) is 1. The molecule has 90 valence electrons. The lowest BCUT2D eigenvalue weighted by Crippen LogP contribution is -1.87. The third-order valence-electron chi connectivity index (χ3n) is 2.62. The van der Waals surface area contributed by atoms with Gasteiger partial charge >= 0.3 is 0 Å². The van der Waals surface area contributed by atoms with E-state index in [0.29, 0.717) is 0 Å². The topological polar surface area (TPSA) is 34.1 Å². The van der Waals surface area contributed by atoms with E-state index in [-0.39, 0.29) is 0 Å². The largest absolute Gasteiger partial charge is 0.497 e. The zero-order chi connectivity index (χ0) is 12.4. The van der Waals surface area contributed by atoms with E-state index in [1.807, 2.05) is 48.5 Å². The third kappa shape index (κ3) is 2.15. The highest BCUT2D eigenvalue weighted by atomic mass is 32.1. The maximum atomic E-state index is 5.19. The Kier molecular flexibility index (Phi) is 2.86. The molecule has 0 aliphatic carbocycles. The molecule has 1 N–H and O–H groups in total. The number of hydrogen-bond acceptors (Lipinski definition) is 4. The molecule has 3 nitrogen and oxygen atoms in total. The fraction of sp³-hybridized carbons (Fsp3) is 0.0714. The second-order valence-corrected chi connectivity index (χ2v) is 4.87. The average molecular weight is 256 g/mol. The zero-order valence-corrected chi connectivity index (χ0v) is 10.7. The van der Waals surface area contributed by atoms with Crippen LogP contribution in [0.15, 0.2) is 48.5 Å². The molecule has 3 rings (SSSR count). The van der Waals surface area contributed by atoms with Gasteiger partial charge in [0.25, 0.3) is 0 Å². The standard InChI is InChI=1S/C14H12N2OS/c1-17-11-7-8-13-12(9-11)16-14(18-13)15-10-5-3-2-4-6-10/h2-9H,1H3,(H,15,16). The molecule has 0 amide bonds. The van der Waals surface area contributed by atoms with E-state index in [4.69, 9.17) is 4.74 Å². The molecule has 1 aromatic heterocycles. The van der Waals surface area contributed by atoms with E-state index < -0.39 is 0 Å². The second kappa shape index (κ2) is 4.66. The minimum absolute atomic E-state index is 0.832. The van der Waals surface area contributed by atoms with Gasteiger partial charge < -0.3 is 10.1 Å². The van der Waals surface area contributed by atoms with Crippen molar-refractivity contribution >= 4 is 32.4 Å². The summed E-state index contributed by atoms with van der Waals surface area (Å²) >= 11 is 1.63. The lowest BCUT2D eigenvalue weighted by Gasteiger charge is -1.99. The third-order valence-corrected chi connectivity index (χ3v) is 3.57. The summed E-state index contributed by atoms with van der Waals surface area (Å²) in [5.74, 6) is 0.832. The molecule has 0 aliphatic rings. The number of para-hydroxylation sites is 1. The van der Waals surface area contributed by atoms with Crippen molar-refractivity contribution in [3.05, 3.63) is 48.5 Å². The Morgan fingerprint density at radius 3 is 2.72 bits per heavy atom. The first kappa shape index (κ1) is 11.0. The van der Waals surface area contributed by atoms with E-state index in [1.54, 1.807) is 18.4 Å². The van der Waals surface area contributed by atoms with Gasteiger partial charge in [-0.3, -0.25) is 0 Å². The number of methoxy groups -OCH3 is 1. The normalized spacial score (nSPS) is 10.5. The minimum atomic E-state index is 0.832. The first-order valence-corrected chi connectivity index (χ1v) is 6.43. The van der Waals surface area contributed by atoms with Gasteiger partial charge in [0.1, 0.15) is 5.75 Å². The SMILES string of the molecule is COc1ccc2sc(Nc3ccccc3)nc2c1. The van der Waals surface area contributed by atoms with Gasteiger partial charge in [-0.25, -0.2) is 4.98 Å². The van der Waals surface area contributed by atoms with Crippen molar-refractivity contribution in [2.75, 3.05) is 12.4 Å². The quantitative estimate of drug-likeness (QED) is 0.767. The van der Waals surface area contributed by atoms with Gasteiger partial charge in [-0.15, -0.1) is 0 Å². The molecule has 4 heteroatoms. The first-order chi connectivity index (χ1) is 8.85. The number of rotatable bonds is 3. The molecular formula is C14H12N2OS. The molecule has 0 fully saturated rings. The van der Waals surface area contributed by atoms with Crippen molar-refractivity contribution in [1.82, 2.24) is 4.98 Å². The van der Waals surface area contributed by atoms with Crippen LogP contribution in [0.3, 0.4) is 0 Å². The first-order valence-electron chi connectivity index (χ1n) is 5.62. The van der Waals surface area contributed by atoms with Gasteiger partial charge in [0.2, 0.25) is 0 Å². The molecule has 0 saturated heterocycles. The molecule has 0 atom stereocenters. The summed E-state index contributed by atoms with van der Waals surface area (Å²) in [4.78, 5) is 4.54. The predicted octanol–water partition coefficient (Wildman–Crippen LogP) is 4.05. The Balaban J connectivity index is 1.94. The number of thiazole rings is 1. The van der Waals surface area contributed by atoms with Gasteiger partial charge in [-0.05, 0) is 24.3 Å². The maximum absolute atomic E-state index is 5.19. The highest BCUT2D eigenvalue weighted by Gasteiger charge is 2.04. The summed E-state index contributed by atoms with van der Waals surface area (Å²) in [5.41, 5.74) is 2.00. The van der Waals surface area contributed by atoms with E-state index in [1.165, 1.54) is 0 Å². The molecule has 0 bridgehead atoms. The number of benzene rings is 2. The summed E-state index contributed by atoms with van der Waals surface area (Å²) in [6, 6.07) is 16.0. The number of aromatic nitrogens is 1. The smallest absolute Gasteiger partial charge is 0.188 e. The maximum Gasteiger partial charge on any atom is 0.188 e. The van der Waals surface area contributed by atoms with E-state index >= 15 is 0 Å². The second-order valence-electron chi connectivity index (χ2n) is 3.84. The van der Waals surface area contributed by atoms with Crippen molar-refractivity contribution in [1.29, 1.82) is 0 Å². The Morgan fingerprint density at radius 1 is 1.11 bits per heavy atom. The van der Waals surface area contributed by atoms with E-state index in [9.17, 15) is 0 Å². The van der Waals surface area contributed by atoms with Gasteiger partial charge in [0, 0.05) is 11.8 Å². The molecular weight excluding hydrogens is 244 g/mol. The van der Waals surface area contributed by atoms with Crippen molar-refractivity contribution < 1.29 is 4.74 Å². The fourth-order valence-corrected chi connectivity index (χ4v) is 2.60. The van der Waals surface area contributed by atoms with Crippen LogP contribution in [-0.4, -0.2) is 12.1 Å². The van der Waals surface area contributed by atoms with Crippen LogP contribution in [0.2, 0.25) is 0 Å². The molecule has 18 heavy (non-hydrogen) atoms. The van der Waals surface area contributed by atoms with Crippen LogP contribution < -0.4 is 10.1 Å². The van der Waals surface area contributed by atoms with Crippen LogP contribution in [0.4, 0.5) is 10.8 Å². The van der Waals surface area contributed by atoms with Crippen LogP contribution in [0.5, 0.6) is 5.75 Å². The minimum Gasteiger partial charge on any atom is -0.497 e. The lowest BCUT2D eigenvalue weighted by molar-refractivity contribution is 0.415. The summed E-state index contributed by atoms with van der Waals surface area (Å²) in [5, 5.41) is 4.19. The Bertz CT molecular complexity index is 664. The number of nitrogens with zero attached hydrogens (tertiary/aromatic N) is 1. The van der Waals surface area contributed by atoms with Gasteiger partial charge in [0.15, 0.2) is 5.13 Å². The highest BCUT2D eigenvalue weighted by Crippen LogP contribution is 2.30. The monoisotopic (exact) mass is 256 g/mol. The van der Waals surface area contributed by atoms with E-state index in [0.717, 1.165) is 26.8 Å². The molecule has 1 heterocycles. The van der Waals surface area contributed by atoms with Crippen LogP contribution in [-0.2, 0) is 0 Å². The zero-order valence-electron chi connectivity index (χ0n) is 9.88. The molecule has 2 aromatic carbocycles. The Morgan fingerprint density at radius 2 is 1.94 bits per heavy atom. The summed E-state index contributed by atoms with van der Waals surface area (Å²) in [7, 11) is 1.66. The summed E-state index contributed by atoms with van der Waals surface area (Å²) in [6.07, 6.45) is 0. The molecule has 3 aromatic rings. The van der Waals surface area contributed by atoms with Crippen LogP contribution in [0, 0.1) is 0 Å². The van der Waals surface area contributed by atoms with Gasteiger partial charge in [0.05, 0.1) is 17.3 Å². The predicted molar refractivity (Wildman–Crippen MR) is 75.9 cm³/mol. The lowest BCUT2D eigenvalue weighted by atomic mass is 10.3. The Hall–Kier alpha value is -2.07. The van der Waals surface area contributed by atoms with Crippen LogP contribution >= 0.6 is 11.3 Å². The molecule has 0 unspecified atom stereocenters. The number of hydrogen-bond donors (Lipinski definition) is 1.